The highest BCUT2D eigenvalue weighted by Crippen LogP contribution is 2.33. The number of H-pyrrole nitrogens is 4. The molecule has 4 N–H and O–H groups in total. The Morgan fingerprint density at radius 1 is 0.475 bits per heavy atom. The van der Waals surface area contributed by atoms with E-state index in [-0.39, 0.29) is 63.6 Å². The summed E-state index contributed by atoms with van der Waals surface area (Å²) in [6.07, 6.45) is 4.88. The van der Waals surface area contributed by atoms with Crippen LogP contribution in [0, 0.1) is 13.8 Å². The predicted molar refractivity (Wildman–Crippen MR) is 233 cm³/mol. The van der Waals surface area contributed by atoms with Crippen molar-refractivity contribution in [1.82, 2.24) is 19.9 Å². The number of esters is 5. The van der Waals surface area contributed by atoms with Crippen LogP contribution in [0.25, 0.3) is 21.1 Å². The van der Waals surface area contributed by atoms with Crippen LogP contribution >= 0.6 is 31.9 Å². The number of carbonyl (C=O) groups excluding carboxylic acids is 6. The normalized spacial score (nSPS) is 12.0. The molecule has 15 nitrogen and oxygen atoms in total. The third kappa shape index (κ3) is 10.4. The first-order valence-corrected chi connectivity index (χ1v) is 21.1. The Hall–Kier alpha value is -5.42. The van der Waals surface area contributed by atoms with Gasteiger partial charge in [-0.15, -0.1) is 0 Å². The first-order chi connectivity index (χ1) is 29.1. The fourth-order valence-electron chi connectivity index (χ4n) is 7.72. The lowest BCUT2D eigenvalue weighted by molar-refractivity contribution is -0.141. The lowest BCUT2D eigenvalue weighted by Crippen LogP contribution is -2.17. The number of carbonyl (C=O) groups is 6. The van der Waals surface area contributed by atoms with Gasteiger partial charge < -0.3 is 43.6 Å². The van der Waals surface area contributed by atoms with Gasteiger partial charge in [-0.25, -0.2) is 0 Å². The van der Waals surface area contributed by atoms with E-state index in [4.69, 9.17) is 23.7 Å². The molecule has 1 aliphatic rings. The van der Waals surface area contributed by atoms with Crippen LogP contribution in [-0.4, -0.2) is 91.1 Å². The maximum Gasteiger partial charge on any atom is 0.310 e. The number of hydrogen-bond donors (Lipinski definition) is 4. The zero-order valence-corrected chi connectivity index (χ0v) is 38.6. The first-order valence-electron chi connectivity index (χ1n) is 19.6. The van der Waals surface area contributed by atoms with Crippen molar-refractivity contribution in [2.24, 2.45) is 0 Å². The Morgan fingerprint density at radius 2 is 0.918 bits per heavy atom. The summed E-state index contributed by atoms with van der Waals surface area (Å²) in [5.41, 5.74) is 8.38. The van der Waals surface area contributed by atoms with E-state index in [2.05, 4.69) is 51.8 Å². The summed E-state index contributed by atoms with van der Waals surface area (Å²) < 4.78 is 26.3. The molecule has 0 atom stereocenters. The molecule has 0 aromatic carbocycles. The zero-order chi connectivity index (χ0) is 44.7. The average Bonchev–Trinajstić information content (AvgIpc) is 3.95. The van der Waals surface area contributed by atoms with Crippen molar-refractivity contribution in [2.75, 3.05) is 35.5 Å². The van der Waals surface area contributed by atoms with Crippen molar-refractivity contribution < 1.29 is 52.5 Å². The summed E-state index contributed by atoms with van der Waals surface area (Å²) >= 11 is 7.80. The summed E-state index contributed by atoms with van der Waals surface area (Å²) in [7, 11) is 6.60. The SMILES string of the molecule is COC(=O)CCc1c2[nH]c(c1C)C=c1[nH]c(c(CC(C)=O)c1CCC(=O)OC)=C(Br)c1[nH]c(c(C)c1CCC(=O)OC)C(Br)=c1[nH]c(c(CC(=O)OC)c1CCC(=O)OC)=C2. The number of aromatic nitrogens is 4. The molecule has 17 heteroatoms. The standard InChI is InChI=1S/C44H50Br2N4O11/c1-21(51)17-29-26(11-15-36(54)59-6)32-19-30-22(2)24(9-13-34(52)57-4)31(47-30)20-33-28(18-38(56)61-8)27(12-16-37(55)60-7)43(49-33)39(45)41-23(3)25(10-14-35(53)58-5)42(50-41)40(46)44(29)48-32/h19-20,47-50H,9-18H2,1-8H3. The molecule has 8 bridgehead atoms. The van der Waals surface area contributed by atoms with Crippen molar-refractivity contribution in [2.45, 2.75) is 85.0 Å². The van der Waals surface area contributed by atoms with Crippen LogP contribution < -0.4 is 21.4 Å². The molecule has 0 radical (unpaired) electrons. The monoisotopic (exact) mass is 968 g/mol. The summed E-state index contributed by atoms with van der Waals surface area (Å²) in [6, 6.07) is 0. The van der Waals surface area contributed by atoms with Gasteiger partial charge in [0.15, 0.2) is 0 Å². The van der Waals surface area contributed by atoms with Crippen molar-refractivity contribution in [3.05, 3.63) is 88.7 Å². The molecule has 5 heterocycles. The van der Waals surface area contributed by atoms with E-state index in [1.54, 1.807) is 0 Å². The van der Waals surface area contributed by atoms with Crippen molar-refractivity contribution in [3.8, 4) is 0 Å². The molecule has 4 aromatic heterocycles. The van der Waals surface area contributed by atoms with Crippen molar-refractivity contribution in [1.29, 1.82) is 0 Å². The topological polar surface area (TPSA) is 212 Å². The quantitative estimate of drug-likeness (QED) is 0.0948. The van der Waals surface area contributed by atoms with Crippen LogP contribution in [0.4, 0.5) is 0 Å². The number of aromatic amines is 4. The average molecular weight is 971 g/mol. The van der Waals surface area contributed by atoms with Crippen molar-refractivity contribution in [3.63, 3.8) is 0 Å². The predicted octanol–water partition coefficient (Wildman–Crippen LogP) is 2.96. The Bertz CT molecular complexity index is 2660. The number of rotatable bonds is 16. The number of Topliss-reactive ketones (excluding diaryl/α,β-unsaturated/α-hetero) is 1. The van der Waals surface area contributed by atoms with E-state index in [1.807, 2.05) is 26.0 Å². The van der Waals surface area contributed by atoms with Crippen LogP contribution in [0.5, 0.6) is 0 Å². The third-order valence-corrected chi connectivity index (χ3v) is 12.6. The lowest BCUT2D eigenvalue weighted by Gasteiger charge is -2.07. The maximum atomic E-state index is 13.1. The molecule has 326 valence electrons. The third-order valence-electron chi connectivity index (χ3n) is 11.0. The maximum absolute atomic E-state index is 13.1. The van der Waals surface area contributed by atoms with Gasteiger partial charge in [-0.1, -0.05) is 0 Å². The molecule has 1 aliphatic heterocycles. The fourth-order valence-corrected chi connectivity index (χ4v) is 9.13. The Labute approximate surface area is 368 Å². The lowest BCUT2D eigenvalue weighted by atomic mass is 9.99. The van der Waals surface area contributed by atoms with E-state index in [9.17, 15) is 28.8 Å². The molecule has 0 fully saturated rings. The second-order valence-electron chi connectivity index (χ2n) is 14.6. The van der Waals surface area contributed by atoms with Gasteiger partial charge in [-0.3, -0.25) is 28.8 Å². The number of halogens is 2. The summed E-state index contributed by atoms with van der Waals surface area (Å²) in [6.45, 7) is 5.34. The number of ether oxygens (including phenoxy) is 5. The van der Waals surface area contributed by atoms with E-state index >= 15 is 0 Å². The number of nitrogens with one attached hydrogen (secondary N) is 4. The number of methoxy groups -OCH3 is 5. The largest absolute Gasteiger partial charge is 0.469 e. The van der Waals surface area contributed by atoms with Gasteiger partial charge in [-0.05, 0) is 135 Å². The van der Waals surface area contributed by atoms with Crippen LogP contribution in [0.2, 0.25) is 0 Å². The molecule has 0 aliphatic carbocycles. The zero-order valence-electron chi connectivity index (χ0n) is 35.5. The van der Waals surface area contributed by atoms with E-state index in [1.165, 1.54) is 42.5 Å². The smallest absolute Gasteiger partial charge is 0.310 e. The Morgan fingerprint density at radius 3 is 1.44 bits per heavy atom. The minimum Gasteiger partial charge on any atom is -0.469 e. The first kappa shape index (κ1) is 46.6. The van der Waals surface area contributed by atoms with E-state index in [0.29, 0.717) is 76.2 Å². The van der Waals surface area contributed by atoms with Crippen LogP contribution in [0.1, 0.15) is 99.9 Å². The molecule has 0 unspecified atom stereocenters. The van der Waals surface area contributed by atoms with E-state index in [0.717, 1.165) is 27.8 Å². The van der Waals surface area contributed by atoms with Gasteiger partial charge in [0.05, 0.1) is 73.0 Å². The van der Waals surface area contributed by atoms with Gasteiger partial charge in [0, 0.05) is 54.2 Å². The molecule has 0 saturated carbocycles. The molecule has 5 rings (SSSR count). The molecule has 4 aromatic rings. The minimum atomic E-state index is -0.505. The minimum absolute atomic E-state index is 0.00514. The summed E-state index contributed by atoms with van der Waals surface area (Å²) in [5, 5.41) is 2.33. The molecular formula is C44H50Br2N4O11. The highest BCUT2D eigenvalue weighted by Gasteiger charge is 2.26. The van der Waals surface area contributed by atoms with Gasteiger partial charge in [0.2, 0.25) is 0 Å². The molecular weight excluding hydrogens is 920 g/mol. The van der Waals surface area contributed by atoms with Crippen LogP contribution in [0.15, 0.2) is 0 Å². The highest BCUT2D eigenvalue weighted by atomic mass is 79.9. The molecule has 0 spiro atoms. The second kappa shape index (κ2) is 20.4. The highest BCUT2D eigenvalue weighted by molar-refractivity contribution is 9.15. The number of ketones is 1. The number of hydrogen-bond acceptors (Lipinski definition) is 11. The Kier molecular flexibility index (Phi) is 15.6. The molecule has 0 saturated heterocycles. The fraction of sp³-hybridized carbons (Fsp3) is 0.409. The molecule has 61 heavy (non-hydrogen) atoms. The van der Waals surface area contributed by atoms with Crippen LogP contribution in [0.3, 0.4) is 0 Å². The van der Waals surface area contributed by atoms with Gasteiger partial charge in [0.1, 0.15) is 5.78 Å². The summed E-state index contributed by atoms with van der Waals surface area (Å²) in [4.78, 5) is 90.6. The van der Waals surface area contributed by atoms with Gasteiger partial charge in [-0.2, -0.15) is 0 Å². The summed E-state index contributed by atoms with van der Waals surface area (Å²) in [5.74, 6) is -2.28. The number of fused-ring (bicyclic) bond motifs is 8. The van der Waals surface area contributed by atoms with Gasteiger partial charge in [0.25, 0.3) is 0 Å². The van der Waals surface area contributed by atoms with E-state index < -0.39 is 29.8 Å². The van der Waals surface area contributed by atoms with Crippen LogP contribution in [-0.2, 0) is 91.0 Å². The Balaban J connectivity index is 2.04. The molecule has 0 amide bonds. The second-order valence-corrected chi connectivity index (χ2v) is 16.2. The van der Waals surface area contributed by atoms with Gasteiger partial charge >= 0.3 is 29.8 Å². The van der Waals surface area contributed by atoms with Crippen molar-refractivity contribution >= 4 is 88.6 Å².